The summed E-state index contributed by atoms with van der Waals surface area (Å²) < 4.78 is 5.57. The Morgan fingerprint density at radius 1 is 0.593 bits per heavy atom. The minimum Gasteiger partial charge on any atom is -0.495 e. The Bertz CT molecular complexity index is 1060. The van der Waals surface area contributed by atoms with Crippen molar-refractivity contribution in [2.24, 2.45) is 0 Å². The summed E-state index contributed by atoms with van der Waals surface area (Å²) in [4.78, 5) is 0. The van der Waals surface area contributed by atoms with Crippen molar-refractivity contribution in [3.63, 3.8) is 0 Å². The van der Waals surface area contributed by atoms with Gasteiger partial charge >= 0.3 is 0 Å². The van der Waals surface area contributed by atoms with Crippen molar-refractivity contribution >= 4 is 0 Å². The molecular weight excluding hydrogens is 328 g/mol. The largest absolute Gasteiger partial charge is 0.495 e. The smallest absolute Gasteiger partial charge is 0.136 e. The fraction of sp³-hybridized carbons (Fsp3) is 0.154. The van der Waals surface area contributed by atoms with Gasteiger partial charge in [0.1, 0.15) is 5.75 Å². The highest BCUT2D eigenvalue weighted by atomic mass is 16.5. The molecule has 0 aliphatic rings. The molecule has 1 heteroatoms. The maximum Gasteiger partial charge on any atom is 0.136 e. The Morgan fingerprint density at radius 3 is 1.59 bits per heavy atom. The zero-order valence-electron chi connectivity index (χ0n) is 16.2. The van der Waals surface area contributed by atoms with Crippen molar-refractivity contribution in [3.8, 4) is 29.4 Å². The molecule has 0 bridgehead atoms. The summed E-state index contributed by atoms with van der Waals surface area (Å²) in [7, 11) is 1.67. The topological polar surface area (TPSA) is 9.23 Å². The van der Waals surface area contributed by atoms with Gasteiger partial charge in [-0.05, 0) is 62.7 Å². The summed E-state index contributed by atoms with van der Waals surface area (Å²) in [5.74, 6) is 13.7. The second kappa shape index (κ2) is 8.31. The van der Waals surface area contributed by atoms with Gasteiger partial charge in [0, 0.05) is 16.7 Å². The standard InChI is InChI=1S/C26H22O/c1-19-5-9-22(10-6-19)13-14-24-17-21(3)25(26(18-24)27-4)16-15-23-11-7-20(2)8-12-23/h5-12,17-18H,1-4H3. The lowest BCUT2D eigenvalue weighted by molar-refractivity contribution is 0.413. The molecule has 3 rings (SSSR count). The zero-order valence-corrected chi connectivity index (χ0v) is 16.2. The van der Waals surface area contributed by atoms with Crippen LogP contribution in [0.4, 0.5) is 0 Å². The first-order chi connectivity index (χ1) is 13.0. The molecule has 3 aromatic rings. The second-order valence-corrected chi connectivity index (χ2v) is 6.60. The van der Waals surface area contributed by atoms with E-state index in [9.17, 15) is 0 Å². The Kier molecular flexibility index (Phi) is 5.65. The van der Waals surface area contributed by atoms with Crippen molar-refractivity contribution in [1.82, 2.24) is 0 Å². The number of benzene rings is 3. The van der Waals surface area contributed by atoms with Crippen LogP contribution in [0.1, 0.15) is 38.9 Å². The molecule has 0 heterocycles. The first-order valence-corrected chi connectivity index (χ1v) is 8.91. The van der Waals surface area contributed by atoms with Gasteiger partial charge in [-0.15, -0.1) is 0 Å². The molecule has 0 saturated carbocycles. The summed E-state index contributed by atoms with van der Waals surface area (Å²) >= 11 is 0. The van der Waals surface area contributed by atoms with Crippen LogP contribution in [0.25, 0.3) is 0 Å². The Balaban J connectivity index is 1.92. The molecule has 0 N–H and O–H groups in total. The molecule has 0 amide bonds. The van der Waals surface area contributed by atoms with Crippen LogP contribution in [0.3, 0.4) is 0 Å². The summed E-state index contributed by atoms with van der Waals surface area (Å²) in [5.41, 5.74) is 7.33. The van der Waals surface area contributed by atoms with Gasteiger partial charge < -0.3 is 4.74 Å². The monoisotopic (exact) mass is 350 g/mol. The SMILES string of the molecule is COc1cc(C#Cc2ccc(C)cc2)cc(C)c1C#Cc1ccc(C)cc1. The number of rotatable bonds is 1. The van der Waals surface area contributed by atoms with E-state index >= 15 is 0 Å². The van der Waals surface area contributed by atoms with Crippen molar-refractivity contribution in [1.29, 1.82) is 0 Å². The normalized spacial score (nSPS) is 9.63. The van der Waals surface area contributed by atoms with Crippen LogP contribution >= 0.6 is 0 Å². The van der Waals surface area contributed by atoms with E-state index in [0.717, 1.165) is 33.6 Å². The summed E-state index contributed by atoms with van der Waals surface area (Å²) in [6, 6.07) is 20.4. The zero-order chi connectivity index (χ0) is 19.2. The van der Waals surface area contributed by atoms with E-state index in [0.29, 0.717) is 0 Å². The summed E-state index contributed by atoms with van der Waals surface area (Å²) in [5, 5.41) is 0. The van der Waals surface area contributed by atoms with Crippen molar-refractivity contribution in [2.45, 2.75) is 20.8 Å². The first-order valence-electron chi connectivity index (χ1n) is 8.91. The Hall–Kier alpha value is -3.42. The first kappa shape index (κ1) is 18.4. The van der Waals surface area contributed by atoms with E-state index < -0.39 is 0 Å². The van der Waals surface area contributed by atoms with Gasteiger partial charge in [-0.3, -0.25) is 0 Å². The van der Waals surface area contributed by atoms with Crippen LogP contribution in [0.15, 0.2) is 60.7 Å². The van der Waals surface area contributed by atoms with Gasteiger partial charge in [-0.1, -0.05) is 59.1 Å². The van der Waals surface area contributed by atoms with Gasteiger partial charge in [-0.25, -0.2) is 0 Å². The van der Waals surface area contributed by atoms with Gasteiger partial charge in [0.25, 0.3) is 0 Å². The molecule has 0 spiro atoms. The molecular formula is C26H22O. The molecule has 0 aliphatic heterocycles. The van der Waals surface area contributed by atoms with Crippen molar-refractivity contribution in [2.75, 3.05) is 7.11 Å². The van der Waals surface area contributed by atoms with Gasteiger partial charge in [-0.2, -0.15) is 0 Å². The molecule has 27 heavy (non-hydrogen) atoms. The van der Waals surface area contributed by atoms with Crippen LogP contribution in [0.5, 0.6) is 5.75 Å². The lowest BCUT2D eigenvalue weighted by atomic mass is 10.0. The fourth-order valence-corrected chi connectivity index (χ4v) is 2.70. The third-order valence-electron chi connectivity index (χ3n) is 4.31. The molecule has 132 valence electrons. The predicted octanol–water partition coefficient (Wildman–Crippen LogP) is 5.42. The maximum atomic E-state index is 5.57. The average molecular weight is 350 g/mol. The lowest BCUT2D eigenvalue weighted by Crippen LogP contribution is -1.93. The maximum absolute atomic E-state index is 5.57. The lowest BCUT2D eigenvalue weighted by Gasteiger charge is -2.07. The van der Waals surface area contributed by atoms with Crippen molar-refractivity contribution < 1.29 is 4.74 Å². The molecule has 0 aromatic heterocycles. The third kappa shape index (κ3) is 4.81. The number of methoxy groups -OCH3 is 1. The van der Waals surface area contributed by atoms with Gasteiger partial charge in [0.2, 0.25) is 0 Å². The minimum atomic E-state index is 0.753. The molecule has 0 saturated heterocycles. The highest BCUT2D eigenvalue weighted by Gasteiger charge is 2.06. The van der Waals surface area contributed by atoms with Gasteiger partial charge in [0.05, 0.1) is 12.7 Å². The summed E-state index contributed by atoms with van der Waals surface area (Å²) in [6.45, 7) is 6.18. The fourth-order valence-electron chi connectivity index (χ4n) is 2.70. The molecule has 0 fully saturated rings. The van der Waals surface area contributed by atoms with E-state index in [1.807, 2.05) is 37.3 Å². The van der Waals surface area contributed by atoms with Crippen LogP contribution in [0.2, 0.25) is 0 Å². The highest BCUT2D eigenvalue weighted by Crippen LogP contribution is 2.23. The number of hydrogen-bond acceptors (Lipinski definition) is 1. The van der Waals surface area contributed by atoms with Gasteiger partial charge in [0.15, 0.2) is 0 Å². The Labute approximate surface area is 162 Å². The molecule has 0 radical (unpaired) electrons. The van der Waals surface area contributed by atoms with E-state index in [4.69, 9.17) is 4.74 Å². The Morgan fingerprint density at radius 2 is 1.07 bits per heavy atom. The van der Waals surface area contributed by atoms with Crippen molar-refractivity contribution in [3.05, 3.63) is 99.6 Å². The van der Waals surface area contributed by atoms with Crippen LogP contribution in [-0.4, -0.2) is 7.11 Å². The number of aryl methyl sites for hydroxylation is 3. The second-order valence-electron chi connectivity index (χ2n) is 6.60. The summed E-state index contributed by atoms with van der Waals surface area (Å²) in [6.07, 6.45) is 0. The average Bonchev–Trinajstić information content (AvgIpc) is 2.67. The number of hydrogen-bond donors (Lipinski definition) is 0. The molecule has 0 aliphatic carbocycles. The van der Waals surface area contributed by atoms with Crippen LogP contribution in [0, 0.1) is 44.5 Å². The molecule has 3 aromatic carbocycles. The quantitative estimate of drug-likeness (QED) is 0.533. The van der Waals surface area contributed by atoms with Crippen LogP contribution in [-0.2, 0) is 0 Å². The molecule has 1 nitrogen and oxygen atoms in total. The third-order valence-corrected chi connectivity index (χ3v) is 4.31. The number of ether oxygens (including phenoxy) is 1. The van der Waals surface area contributed by atoms with E-state index in [1.165, 1.54) is 11.1 Å². The molecule has 0 atom stereocenters. The minimum absolute atomic E-state index is 0.753. The van der Waals surface area contributed by atoms with E-state index in [-0.39, 0.29) is 0 Å². The van der Waals surface area contributed by atoms with E-state index in [2.05, 4.69) is 67.9 Å². The molecule has 0 unspecified atom stereocenters. The predicted molar refractivity (Wildman–Crippen MR) is 112 cm³/mol. The van der Waals surface area contributed by atoms with Crippen LogP contribution < -0.4 is 4.74 Å². The highest BCUT2D eigenvalue weighted by molar-refractivity contribution is 5.58. The van der Waals surface area contributed by atoms with E-state index in [1.54, 1.807) is 7.11 Å².